The van der Waals surface area contributed by atoms with E-state index in [-0.39, 0.29) is 4.89 Å². The van der Waals surface area contributed by atoms with E-state index in [1.54, 1.807) is 0 Å². The Morgan fingerprint density at radius 3 is 2.75 bits per heavy atom. The predicted octanol–water partition coefficient (Wildman–Crippen LogP) is 1.73. The predicted molar refractivity (Wildman–Crippen MR) is 65.8 cm³/mol. The molecule has 0 fully saturated rings. The van der Waals surface area contributed by atoms with Gasteiger partial charge in [0.1, 0.15) is 0 Å². The summed E-state index contributed by atoms with van der Waals surface area (Å²) in [5.41, 5.74) is 2.19. The summed E-state index contributed by atoms with van der Waals surface area (Å²) in [5.74, 6) is 0. The average molecular weight is 277 g/mol. The molecular formula is C11H12AsN3O. The summed E-state index contributed by atoms with van der Waals surface area (Å²) >= 11 is -1.45. The van der Waals surface area contributed by atoms with Gasteiger partial charge in [0.2, 0.25) is 0 Å². The van der Waals surface area contributed by atoms with Gasteiger partial charge in [0, 0.05) is 0 Å². The van der Waals surface area contributed by atoms with Gasteiger partial charge in [0.25, 0.3) is 0 Å². The first kappa shape index (κ1) is 9.91. The first-order valence-corrected chi connectivity index (χ1v) is 8.03. The van der Waals surface area contributed by atoms with E-state index in [0.29, 0.717) is 0 Å². The molecule has 0 saturated carbocycles. The fourth-order valence-corrected chi connectivity index (χ4v) is 6.28. The second kappa shape index (κ2) is 3.63. The Morgan fingerprint density at radius 2 is 2.00 bits per heavy atom. The van der Waals surface area contributed by atoms with Gasteiger partial charge in [-0.2, -0.15) is 0 Å². The number of nitrogens with zero attached hydrogens (tertiary/aromatic N) is 3. The fraction of sp³-hybridized carbons (Fsp3) is 0.273. The Labute approximate surface area is 99.1 Å². The average Bonchev–Trinajstić information content (AvgIpc) is 2.83. The number of benzene rings is 1. The molecule has 0 bridgehead atoms. The molecule has 2 atom stereocenters. The summed E-state index contributed by atoms with van der Waals surface area (Å²) in [4.78, 5) is 5.57. The third-order valence-electron chi connectivity index (χ3n) is 2.64. The Kier molecular flexibility index (Phi) is 2.25. The molecular weight excluding hydrogens is 265 g/mol. The summed E-state index contributed by atoms with van der Waals surface area (Å²) < 4.78 is 3.26. The van der Waals surface area contributed by atoms with Gasteiger partial charge in [-0.05, 0) is 0 Å². The third kappa shape index (κ3) is 1.37. The van der Waals surface area contributed by atoms with Crippen molar-refractivity contribution in [1.29, 1.82) is 0 Å². The number of para-hydroxylation sites is 1. The molecule has 0 radical (unpaired) electrons. The van der Waals surface area contributed by atoms with Gasteiger partial charge in [-0.25, -0.2) is 0 Å². The van der Waals surface area contributed by atoms with Crippen LogP contribution in [0.2, 0.25) is 0 Å². The molecule has 2 unspecified atom stereocenters. The van der Waals surface area contributed by atoms with E-state index in [2.05, 4.69) is 26.3 Å². The third-order valence-corrected chi connectivity index (χ3v) is 7.64. The normalized spacial score (nSPS) is 27.2. The molecule has 82 valence electrons. The van der Waals surface area contributed by atoms with Crippen LogP contribution in [0.3, 0.4) is 0 Å². The van der Waals surface area contributed by atoms with Crippen molar-refractivity contribution in [3.63, 3.8) is 0 Å². The summed E-state index contributed by atoms with van der Waals surface area (Å²) in [6.45, 7) is 4.06. The second-order valence-corrected chi connectivity index (χ2v) is 8.39. The first-order valence-electron chi connectivity index (χ1n) is 5.17. The van der Waals surface area contributed by atoms with Crippen LogP contribution in [0.4, 0.5) is 5.69 Å². The number of hydrazone groups is 1. The molecule has 0 saturated heterocycles. The minimum absolute atomic E-state index is 0.132. The van der Waals surface area contributed by atoms with Crippen LogP contribution < -0.4 is 3.93 Å². The topological polar surface area (TPSA) is 37.2 Å². The number of fused-ring (bicyclic) bond motifs is 1. The van der Waals surface area contributed by atoms with Gasteiger partial charge in [-0.15, -0.1) is 0 Å². The van der Waals surface area contributed by atoms with Crippen LogP contribution in [0.5, 0.6) is 0 Å². The van der Waals surface area contributed by atoms with Crippen LogP contribution in [0, 0.1) is 0 Å². The quantitative estimate of drug-likeness (QED) is 0.733. The maximum atomic E-state index is 5.43. The maximum absolute atomic E-state index is 5.43. The number of rotatable bonds is 1. The molecule has 0 amide bonds. The van der Waals surface area contributed by atoms with Crippen LogP contribution >= 0.6 is 0 Å². The van der Waals surface area contributed by atoms with Gasteiger partial charge in [0.05, 0.1) is 0 Å². The standard InChI is InChI=1S/C11H12AsN3O/c1-8-11-12(9(2)14-16-11)15(13-8)10-6-4-3-5-7-10/h3-7,11H,1-2H3. The van der Waals surface area contributed by atoms with Crippen molar-refractivity contribution in [2.24, 2.45) is 10.3 Å². The zero-order chi connectivity index (χ0) is 11.1. The van der Waals surface area contributed by atoms with Crippen molar-refractivity contribution >= 4 is 30.8 Å². The van der Waals surface area contributed by atoms with Gasteiger partial charge in [-0.3, -0.25) is 0 Å². The molecule has 2 aliphatic rings. The summed E-state index contributed by atoms with van der Waals surface area (Å²) in [7, 11) is 0. The molecule has 1 aromatic carbocycles. The van der Waals surface area contributed by atoms with Gasteiger partial charge in [0.15, 0.2) is 0 Å². The SMILES string of the molecule is CC1=NN(c2ccccc2)[As]2C(C)=NOC12. The van der Waals surface area contributed by atoms with Gasteiger partial charge in [-0.1, -0.05) is 0 Å². The van der Waals surface area contributed by atoms with Crippen molar-refractivity contribution in [2.45, 2.75) is 18.7 Å². The van der Waals surface area contributed by atoms with Crippen LogP contribution in [-0.4, -0.2) is 30.0 Å². The zero-order valence-corrected chi connectivity index (χ0v) is 11.0. The first-order chi connectivity index (χ1) is 7.77. The monoisotopic (exact) mass is 277 g/mol. The minimum atomic E-state index is -1.45. The molecule has 2 aliphatic heterocycles. The second-order valence-electron chi connectivity index (χ2n) is 3.81. The van der Waals surface area contributed by atoms with Crippen LogP contribution in [0.15, 0.2) is 40.6 Å². The summed E-state index contributed by atoms with van der Waals surface area (Å²) in [6, 6.07) is 10.2. The van der Waals surface area contributed by atoms with Crippen LogP contribution in [-0.2, 0) is 4.84 Å². The molecule has 0 N–H and O–H groups in total. The summed E-state index contributed by atoms with van der Waals surface area (Å²) in [6.07, 6.45) is 0. The van der Waals surface area contributed by atoms with Crippen LogP contribution in [0.25, 0.3) is 0 Å². The molecule has 0 aromatic heterocycles. The molecule has 4 nitrogen and oxygen atoms in total. The fourth-order valence-electron chi connectivity index (χ4n) is 1.86. The van der Waals surface area contributed by atoms with Crippen molar-refractivity contribution in [3.8, 4) is 0 Å². The Balaban J connectivity index is 2.00. The Hall–Kier alpha value is -1.28. The Morgan fingerprint density at radius 1 is 1.25 bits per heavy atom. The van der Waals surface area contributed by atoms with E-state index in [0.717, 1.165) is 15.9 Å². The number of anilines is 1. The zero-order valence-electron chi connectivity index (χ0n) is 9.16. The van der Waals surface area contributed by atoms with E-state index in [9.17, 15) is 0 Å². The van der Waals surface area contributed by atoms with E-state index in [1.165, 1.54) is 0 Å². The number of oxime groups is 1. The molecule has 16 heavy (non-hydrogen) atoms. The molecule has 5 heteroatoms. The van der Waals surface area contributed by atoms with Crippen molar-refractivity contribution < 1.29 is 4.84 Å². The van der Waals surface area contributed by atoms with Crippen molar-refractivity contribution in [1.82, 2.24) is 0 Å². The Bertz CT molecular complexity index is 471. The molecule has 0 spiro atoms. The van der Waals surface area contributed by atoms with Crippen molar-refractivity contribution in [3.05, 3.63) is 30.3 Å². The van der Waals surface area contributed by atoms with Gasteiger partial charge < -0.3 is 0 Å². The van der Waals surface area contributed by atoms with E-state index >= 15 is 0 Å². The molecule has 2 heterocycles. The number of hydrogen-bond donors (Lipinski definition) is 0. The molecule has 3 rings (SSSR count). The van der Waals surface area contributed by atoms with E-state index in [4.69, 9.17) is 4.84 Å². The van der Waals surface area contributed by atoms with Gasteiger partial charge >= 0.3 is 98.9 Å². The number of hydrogen-bond acceptors (Lipinski definition) is 4. The van der Waals surface area contributed by atoms with E-state index in [1.807, 2.05) is 32.0 Å². The molecule has 0 aliphatic carbocycles. The van der Waals surface area contributed by atoms with Crippen LogP contribution in [0.1, 0.15) is 13.8 Å². The summed E-state index contributed by atoms with van der Waals surface area (Å²) in [5, 5.41) is 8.71. The van der Waals surface area contributed by atoms with E-state index < -0.39 is 14.9 Å². The van der Waals surface area contributed by atoms with Crippen molar-refractivity contribution in [2.75, 3.05) is 3.93 Å². The molecule has 1 aromatic rings.